The molecule has 0 saturated heterocycles. The Morgan fingerprint density at radius 3 is 2.52 bits per heavy atom. The number of methoxy groups -OCH3 is 1. The highest BCUT2D eigenvalue weighted by Gasteiger charge is 2.13. The Morgan fingerprint density at radius 2 is 1.84 bits per heavy atom. The quantitative estimate of drug-likeness (QED) is 0.236. The molecular weight excluding hydrogens is 414 g/mol. The predicted octanol–water partition coefficient (Wildman–Crippen LogP) is 4.28. The molecule has 1 heterocycles. The predicted molar refractivity (Wildman–Crippen MR) is 121 cm³/mol. The van der Waals surface area contributed by atoms with Crippen molar-refractivity contribution < 1.29 is 19.0 Å². The maximum Gasteiger partial charge on any atom is 0.191 e. The molecule has 0 atom stereocenters. The van der Waals surface area contributed by atoms with Crippen LogP contribution in [0.5, 0.6) is 17.2 Å². The van der Waals surface area contributed by atoms with E-state index >= 15 is 0 Å². The first-order chi connectivity index (χ1) is 15.2. The molecule has 0 amide bonds. The van der Waals surface area contributed by atoms with E-state index in [1.165, 1.54) is 0 Å². The second kappa shape index (κ2) is 11.4. The summed E-state index contributed by atoms with van der Waals surface area (Å²) >= 11 is 1.60. The van der Waals surface area contributed by atoms with Gasteiger partial charge in [0.1, 0.15) is 17.9 Å². The first kappa shape index (κ1) is 22.7. The minimum absolute atomic E-state index is 0.482. The molecule has 0 aliphatic carbocycles. The molecule has 31 heavy (non-hydrogen) atoms. The summed E-state index contributed by atoms with van der Waals surface area (Å²) < 4.78 is 18.8. The SMILES string of the molecule is CCOc1cc(C=O)ccc1OCCSc1nnc(Cc2ccc(OC)cc2)n1CC. The van der Waals surface area contributed by atoms with Crippen LogP contribution in [0.2, 0.25) is 0 Å². The summed E-state index contributed by atoms with van der Waals surface area (Å²) in [5.74, 6) is 3.69. The van der Waals surface area contributed by atoms with Gasteiger partial charge in [0.25, 0.3) is 0 Å². The number of benzene rings is 2. The van der Waals surface area contributed by atoms with Crippen molar-refractivity contribution in [1.82, 2.24) is 14.8 Å². The van der Waals surface area contributed by atoms with E-state index in [2.05, 4.69) is 21.7 Å². The van der Waals surface area contributed by atoms with Crippen molar-refractivity contribution in [2.24, 2.45) is 0 Å². The van der Waals surface area contributed by atoms with E-state index in [9.17, 15) is 4.79 Å². The fraction of sp³-hybridized carbons (Fsp3) is 0.348. The van der Waals surface area contributed by atoms with E-state index in [0.29, 0.717) is 42.4 Å². The lowest BCUT2D eigenvalue weighted by molar-refractivity contribution is 0.112. The molecule has 3 aromatic rings. The van der Waals surface area contributed by atoms with Crippen LogP contribution in [0.15, 0.2) is 47.6 Å². The normalized spacial score (nSPS) is 10.7. The van der Waals surface area contributed by atoms with Crippen molar-refractivity contribution in [1.29, 1.82) is 0 Å². The Labute approximate surface area is 186 Å². The van der Waals surface area contributed by atoms with Crippen molar-refractivity contribution in [3.8, 4) is 17.2 Å². The van der Waals surface area contributed by atoms with Gasteiger partial charge >= 0.3 is 0 Å². The smallest absolute Gasteiger partial charge is 0.191 e. The molecule has 3 rings (SSSR count). The molecule has 0 bridgehead atoms. The zero-order valence-corrected chi connectivity index (χ0v) is 18.9. The lowest BCUT2D eigenvalue weighted by atomic mass is 10.1. The van der Waals surface area contributed by atoms with E-state index in [4.69, 9.17) is 14.2 Å². The van der Waals surface area contributed by atoms with Gasteiger partial charge in [0.15, 0.2) is 16.7 Å². The highest BCUT2D eigenvalue weighted by molar-refractivity contribution is 7.99. The van der Waals surface area contributed by atoms with Crippen molar-refractivity contribution in [3.63, 3.8) is 0 Å². The fourth-order valence-electron chi connectivity index (χ4n) is 3.07. The van der Waals surface area contributed by atoms with Crippen molar-refractivity contribution >= 4 is 18.0 Å². The van der Waals surface area contributed by atoms with Gasteiger partial charge in [-0.3, -0.25) is 4.79 Å². The third kappa shape index (κ3) is 6.01. The largest absolute Gasteiger partial charge is 0.497 e. The first-order valence-electron chi connectivity index (χ1n) is 10.2. The van der Waals surface area contributed by atoms with E-state index in [0.717, 1.165) is 35.1 Å². The summed E-state index contributed by atoms with van der Waals surface area (Å²) in [6.07, 6.45) is 1.51. The fourth-order valence-corrected chi connectivity index (χ4v) is 3.91. The summed E-state index contributed by atoms with van der Waals surface area (Å²) in [6, 6.07) is 13.2. The third-order valence-corrected chi connectivity index (χ3v) is 5.54. The lowest BCUT2D eigenvalue weighted by Gasteiger charge is -2.12. The van der Waals surface area contributed by atoms with Crippen LogP contribution in [0, 0.1) is 0 Å². The van der Waals surface area contributed by atoms with Crippen LogP contribution in [-0.2, 0) is 13.0 Å². The van der Waals surface area contributed by atoms with Gasteiger partial charge in [-0.1, -0.05) is 23.9 Å². The highest BCUT2D eigenvalue weighted by atomic mass is 32.2. The van der Waals surface area contributed by atoms with Crippen molar-refractivity contribution in [2.45, 2.75) is 32.0 Å². The van der Waals surface area contributed by atoms with Gasteiger partial charge in [-0.2, -0.15) is 0 Å². The Morgan fingerprint density at radius 1 is 1.03 bits per heavy atom. The summed E-state index contributed by atoms with van der Waals surface area (Å²) in [7, 11) is 1.66. The summed E-state index contributed by atoms with van der Waals surface area (Å²) in [5, 5.41) is 9.62. The molecule has 1 aromatic heterocycles. The summed E-state index contributed by atoms with van der Waals surface area (Å²) in [4.78, 5) is 11.0. The van der Waals surface area contributed by atoms with E-state index in [1.807, 2.05) is 31.2 Å². The maximum absolute atomic E-state index is 11.0. The molecule has 0 spiro atoms. The molecule has 0 aliphatic rings. The van der Waals surface area contributed by atoms with Crippen LogP contribution in [0.25, 0.3) is 0 Å². The van der Waals surface area contributed by atoms with Crippen LogP contribution >= 0.6 is 11.8 Å². The highest BCUT2D eigenvalue weighted by Crippen LogP contribution is 2.28. The van der Waals surface area contributed by atoms with Gasteiger partial charge in [-0.15, -0.1) is 10.2 Å². The number of ether oxygens (including phenoxy) is 3. The lowest BCUT2D eigenvalue weighted by Crippen LogP contribution is -2.06. The molecule has 0 N–H and O–H groups in total. The number of carbonyl (C=O) groups is 1. The standard InChI is InChI=1S/C23H27N3O4S/c1-4-26-22(15-17-6-9-19(28-3)10-7-17)24-25-23(26)31-13-12-30-20-11-8-18(16-27)14-21(20)29-5-2/h6-11,14,16H,4-5,12-13,15H2,1-3H3. The Bertz CT molecular complexity index is 989. The number of rotatable bonds is 12. The van der Waals surface area contributed by atoms with Crippen LogP contribution in [0.1, 0.15) is 35.6 Å². The van der Waals surface area contributed by atoms with E-state index in [-0.39, 0.29) is 0 Å². The van der Waals surface area contributed by atoms with Gasteiger partial charge in [0.05, 0.1) is 20.3 Å². The molecule has 7 nitrogen and oxygen atoms in total. The van der Waals surface area contributed by atoms with Gasteiger partial charge in [0.2, 0.25) is 0 Å². The number of hydrogen-bond acceptors (Lipinski definition) is 7. The second-order valence-electron chi connectivity index (χ2n) is 6.62. The molecule has 0 unspecified atom stereocenters. The van der Waals surface area contributed by atoms with E-state index < -0.39 is 0 Å². The van der Waals surface area contributed by atoms with Crippen LogP contribution in [-0.4, -0.2) is 47.1 Å². The zero-order chi connectivity index (χ0) is 22.1. The van der Waals surface area contributed by atoms with Crippen LogP contribution in [0.4, 0.5) is 0 Å². The van der Waals surface area contributed by atoms with Gasteiger partial charge in [-0.05, 0) is 49.7 Å². The molecule has 2 aromatic carbocycles. The number of carbonyl (C=O) groups excluding carboxylic acids is 1. The number of nitrogens with zero attached hydrogens (tertiary/aromatic N) is 3. The van der Waals surface area contributed by atoms with Gasteiger partial charge in [-0.25, -0.2) is 0 Å². The van der Waals surface area contributed by atoms with Crippen molar-refractivity contribution in [2.75, 3.05) is 26.1 Å². The molecule has 0 saturated carbocycles. The van der Waals surface area contributed by atoms with Crippen LogP contribution in [0.3, 0.4) is 0 Å². The number of aromatic nitrogens is 3. The number of thioether (sulfide) groups is 1. The van der Waals surface area contributed by atoms with Crippen molar-refractivity contribution in [3.05, 3.63) is 59.4 Å². The monoisotopic (exact) mass is 441 g/mol. The maximum atomic E-state index is 11.0. The molecule has 0 radical (unpaired) electrons. The molecular formula is C23H27N3O4S. The molecule has 164 valence electrons. The molecule has 0 fully saturated rings. The summed E-state index contributed by atoms with van der Waals surface area (Å²) in [5.41, 5.74) is 1.72. The summed E-state index contributed by atoms with van der Waals surface area (Å²) in [6.45, 7) is 5.77. The van der Waals surface area contributed by atoms with Gasteiger partial charge in [0, 0.05) is 24.3 Å². The Hall–Kier alpha value is -3.00. The van der Waals surface area contributed by atoms with E-state index in [1.54, 1.807) is 37.1 Å². The molecule has 0 aliphatic heterocycles. The Kier molecular flexibility index (Phi) is 8.35. The molecule has 8 heteroatoms. The minimum Gasteiger partial charge on any atom is -0.497 e. The average Bonchev–Trinajstić information content (AvgIpc) is 3.19. The third-order valence-electron chi connectivity index (χ3n) is 4.61. The first-order valence-corrected chi connectivity index (χ1v) is 11.2. The average molecular weight is 442 g/mol. The Balaban J connectivity index is 1.58. The number of aldehydes is 1. The topological polar surface area (TPSA) is 75.5 Å². The van der Waals surface area contributed by atoms with Crippen LogP contribution < -0.4 is 14.2 Å². The zero-order valence-electron chi connectivity index (χ0n) is 18.0. The number of hydrogen-bond donors (Lipinski definition) is 0. The van der Waals surface area contributed by atoms with Gasteiger partial charge < -0.3 is 18.8 Å². The minimum atomic E-state index is 0.482. The second-order valence-corrected chi connectivity index (χ2v) is 7.68.